The van der Waals surface area contributed by atoms with Gasteiger partial charge in [0.05, 0.1) is 7.11 Å². The molecule has 0 unspecified atom stereocenters. The molecule has 1 aliphatic heterocycles. The first kappa shape index (κ1) is 17.6. The first-order chi connectivity index (χ1) is 13.2. The molecule has 5 nitrogen and oxygen atoms in total. The standard InChI is InChI=1S/C22H25N3O2/c1-3-15-7-8-17-18(14-23-20(17)13-15)16-9-11-25(12-10-16)22(26)19-5-4-6-21(24-19)27-2/h4-8,13-14,16,23H,3,9-12H2,1-2H3. The number of H-pyrrole nitrogens is 1. The molecule has 4 rings (SSSR count). The van der Waals surface area contributed by atoms with Crippen LogP contribution in [0.5, 0.6) is 5.88 Å². The third-order valence-electron chi connectivity index (χ3n) is 5.56. The van der Waals surface area contributed by atoms with E-state index in [0.717, 1.165) is 32.4 Å². The molecule has 1 saturated heterocycles. The van der Waals surface area contributed by atoms with Gasteiger partial charge in [0.1, 0.15) is 5.69 Å². The summed E-state index contributed by atoms with van der Waals surface area (Å²) in [5.74, 6) is 0.938. The molecule has 0 bridgehead atoms. The molecule has 27 heavy (non-hydrogen) atoms. The summed E-state index contributed by atoms with van der Waals surface area (Å²) in [5, 5.41) is 1.31. The first-order valence-electron chi connectivity index (χ1n) is 9.60. The fraction of sp³-hybridized carbons (Fsp3) is 0.364. The van der Waals surface area contributed by atoms with Crippen LogP contribution in [0.3, 0.4) is 0 Å². The molecule has 0 spiro atoms. The molecule has 3 aromatic rings. The molecule has 0 radical (unpaired) electrons. The molecular weight excluding hydrogens is 338 g/mol. The van der Waals surface area contributed by atoms with E-state index in [4.69, 9.17) is 4.74 Å². The summed E-state index contributed by atoms with van der Waals surface area (Å²) >= 11 is 0. The highest BCUT2D eigenvalue weighted by molar-refractivity contribution is 5.92. The summed E-state index contributed by atoms with van der Waals surface area (Å²) in [4.78, 5) is 22.4. The molecule has 1 aliphatic rings. The third kappa shape index (κ3) is 3.42. The van der Waals surface area contributed by atoms with Crippen LogP contribution in [-0.4, -0.2) is 41.0 Å². The number of likely N-dealkylation sites (tertiary alicyclic amines) is 1. The van der Waals surface area contributed by atoms with Crippen molar-refractivity contribution < 1.29 is 9.53 Å². The van der Waals surface area contributed by atoms with Crippen molar-refractivity contribution in [1.82, 2.24) is 14.9 Å². The van der Waals surface area contributed by atoms with Gasteiger partial charge in [0.2, 0.25) is 5.88 Å². The number of pyridine rings is 1. The molecule has 0 aliphatic carbocycles. The maximum absolute atomic E-state index is 12.7. The predicted octanol–water partition coefficient (Wildman–Crippen LogP) is 4.15. The Balaban J connectivity index is 1.46. The molecule has 0 atom stereocenters. The van der Waals surface area contributed by atoms with E-state index in [1.54, 1.807) is 19.2 Å². The number of ether oxygens (including phenoxy) is 1. The fourth-order valence-electron chi connectivity index (χ4n) is 3.96. The maximum Gasteiger partial charge on any atom is 0.272 e. The minimum atomic E-state index is -0.0149. The van der Waals surface area contributed by atoms with Gasteiger partial charge >= 0.3 is 0 Å². The van der Waals surface area contributed by atoms with Gasteiger partial charge in [-0.2, -0.15) is 0 Å². The fourth-order valence-corrected chi connectivity index (χ4v) is 3.96. The van der Waals surface area contributed by atoms with Crippen molar-refractivity contribution in [2.75, 3.05) is 20.2 Å². The average Bonchev–Trinajstić information content (AvgIpc) is 3.16. The molecular formula is C22H25N3O2. The molecule has 1 fully saturated rings. The van der Waals surface area contributed by atoms with Crippen molar-refractivity contribution >= 4 is 16.8 Å². The Morgan fingerprint density at radius 1 is 1.26 bits per heavy atom. The monoisotopic (exact) mass is 363 g/mol. The zero-order valence-electron chi connectivity index (χ0n) is 15.9. The zero-order chi connectivity index (χ0) is 18.8. The molecule has 0 saturated carbocycles. The highest BCUT2D eigenvalue weighted by Gasteiger charge is 2.26. The summed E-state index contributed by atoms with van der Waals surface area (Å²) in [6.45, 7) is 3.68. The van der Waals surface area contributed by atoms with Crippen LogP contribution in [0.2, 0.25) is 0 Å². The number of fused-ring (bicyclic) bond motifs is 1. The van der Waals surface area contributed by atoms with Gasteiger partial charge in [-0.15, -0.1) is 0 Å². The highest BCUT2D eigenvalue weighted by atomic mass is 16.5. The molecule has 2 aromatic heterocycles. The topological polar surface area (TPSA) is 58.2 Å². The Kier molecular flexibility index (Phi) is 4.84. The number of aryl methyl sites for hydroxylation is 1. The zero-order valence-corrected chi connectivity index (χ0v) is 15.9. The number of nitrogens with zero attached hydrogens (tertiary/aromatic N) is 2. The van der Waals surface area contributed by atoms with Crippen LogP contribution in [0, 0.1) is 0 Å². The number of amides is 1. The van der Waals surface area contributed by atoms with E-state index in [1.165, 1.54) is 22.0 Å². The quantitative estimate of drug-likeness (QED) is 0.757. The number of piperidine rings is 1. The van der Waals surface area contributed by atoms with E-state index < -0.39 is 0 Å². The number of nitrogens with one attached hydrogen (secondary N) is 1. The van der Waals surface area contributed by atoms with Crippen molar-refractivity contribution in [3.8, 4) is 5.88 Å². The largest absolute Gasteiger partial charge is 0.481 e. The van der Waals surface area contributed by atoms with Crippen molar-refractivity contribution in [2.24, 2.45) is 0 Å². The van der Waals surface area contributed by atoms with Gasteiger partial charge in [-0.1, -0.05) is 25.1 Å². The van der Waals surface area contributed by atoms with Crippen molar-refractivity contribution in [3.63, 3.8) is 0 Å². The Morgan fingerprint density at radius 2 is 2.07 bits per heavy atom. The van der Waals surface area contributed by atoms with E-state index in [9.17, 15) is 4.79 Å². The molecule has 140 valence electrons. The van der Waals surface area contributed by atoms with E-state index in [0.29, 0.717) is 17.5 Å². The smallest absolute Gasteiger partial charge is 0.272 e. The number of aromatic nitrogens is 2. The molecule has 5 heteroatoms. The van der Waals surface area contributed by atoms with Gasteiger partial charge in [0, 0.05) is 36.3 Å². The first-order valence-corrected chi connectivity index (χ1v) is 9.60. The Labute approximate surface area is 159 Å². The third-order valence-corrected chi connectivity index (χ3v) is 5.56. The van der Waals surface area contributed by atoms with E-state index in [2.05, 4.69) is 41.3 Å². The van der Waals surface area contributed by atoms with Crippen molar-refractivity contribution in [3.05, 3.63) is 59.4 Å². The van der Waals surface area contributed by atoms with E-state index in [1.807, 2.05) is 11.0 Å². The number of hydrogen-bond acceptors (Lipinski definition) is 3. The molecule has 1 N–H and O–H groups in total. The van der Waals surface area contributed by atoms with Crippen molar-refractivity contribution in [2.45, 2.75) is 32.1 Å². The van der Waals surface area contributed by atoms with Gasteiger partial charge < -0.3 is 14.6 Å². The number of hydrogen-bond donors (Lipinski definition) is 1. The van der Waals surface area contributed by atoms with E-state index in [-0.39, 0.29) is 5.91 Å². The van der Waals surface area contributed by atoms with Crippen molar-refractivity contribution in [1.29, 1.82) is 0 Å². The van der Waals surface area contributed by atoms with Gasteiger partial charge in [0.15, 0.2) is 0 Å². The lowest BCUT2D eigenvalue weighted by molar-refractivity contribution is 0.0706. The Bertz CT molecular complexity index is 955. The highest BCUT2D eigenvalue weighted by Crippen LogP contribution is 2.34. The van der Waals surface area contributed by atoms with Crippen LogP contribution in [0.1, 0.15) is 47.3 Å². The number of rotatable bonds is 4. The summed E-state index contributed by atoms with van der Waals surface area (Å²) in [6, 6.07) is 12.0. The van der Waals surface area contributed by atoms with Crippen LogP contribution in [0.4, 0.5) is 0 Å². The van der Waals surface area contributed by atoms with Gasteiger partial charge in [-0.05, 0) is 48.4 Å². The summed E-state index contributed by atoms with van der Waals surface area (Å²) in [5.41, 5.74) is 4.39. The average molecular weight is 363 g/mol. The normalized spacial score (nSPS) is 15.3. The Morgan fingerprint density at radius 3 is 2.81 bits per heavy atom. The van der Waals surface area contributed by atoms with Crippen LogP contribution < -0.4 is 4.74 Å². The van der Waals surface area contributed by atoms with E-state index >= 15 is 0 Å². The predicted molar refractivity (Wildman–Crippen MR) is 106 cm³/mol. The number of carbonyl (C=O) groups excluding carboxylic acids is 1. The molecule has 1 amide bonds. The number of benzene rings is 1. The SMILES string of the molecule is CCc1ccc2c(C3CCN(C(=O)c4cccc(OC)n4)CC3)c[nH]c2c1. The van der Waals surface area contributed by atoms with Crippen LogP contribution >= 0.6 is 0 Å². The van der Waals surface area contributed by atoms with Gasteiger partial charge in [-0.3, -0.25) is 4.79 Å². The summed E-state index contributed by atoms with van der Waals surface area (Å²) < 4.78 is 5.13. The summed E-state index contributed by atoms with van der Waals surface area (Å²) in [6.07, 6.45) is 5.13. The van der Waals surface area contributed by atoms with Gasteiger partial charge in [0.25, 0.3) is 5.91 Å². The lowest BCUT2D eigenvalue weighted by Crippen LogP contribution is -2.38. The maximum atomic E-state index is 12.7. The number of methoxy groups -OCH3 is 1. The number of aromatic amines is 1. The van der Waals surface area contributed by atoms with Crippen LogP contribution in [-0.2, 0) is 6.42 Å². The minimum absolute atomic E-state index is 0.0149. The second-order valence-corrected chi connectivity index (χ2v) is 7.11. The second kappa shape index (κ2) is 7.43. The molecule has 1 aromatic carbocycles. The van der Waals surface area contributed by atoms with Gasteiger partial charge in [-0.25, -0.2) is 4.98 Å². The lowest BCUT2D eigenvalue weighted by atomic mass is 9.89. The van der Waals surface area contributed by atoms with Crippen LogP contribution in [0.25, 0.3) is 10.9 Å². The Hall–Kier alpha value is -2.82. The molecule has 3 heterocycles. The lowest BCUT2D eigenvalue weighted by Gasteiger charge is -2.31. The number of carbonyl (C=O) groups is 1. The second-order valence-electron chi connectivity index (χ2n) is 7.11. The summed E-state index contributed by atoms with van der Waals surface area (Å²) in [7, 11) is 1.56. The minimum Gasteiger partial charge on any atom is -0.481 e. The van der Waals surface area contributed by atoms with Crippen LogP contribution in [0.15, 0.2) is 42.6 Å².